The quantitative estimate of drug-likeness (QED) is 0.835. The molecule has 1 aromatic carbocycles. The standard InChI is InChI=1S/C12H10Cl2N2O/c13-10-5-9(6-11(14)12(10)17)16-7-8-1-3-15-4-2-8/h1-6,16-17H,7H2. The summed E-state index contributed by atoms with van der Waals surface area (Å²) in [5.74, 6) is -0.0946. The Morgan fingerprint density at radius 2 is 1.71 bits per heavy atom. The van der Waals surface area contributed by atoms with E-state index < -0.39 is 0 Å². The van der Waals surface area contributed by atoms with Crippen LogP contribution >= 0.6 is 23.2 Å². The largest absolute Gasteiger partial charge is 0.505 e. The van der Waals surface area contributed by atoms with Gasteiger partial charge in [-0.15, -0.1) is 0 Å². The molecule has 2 aromatic rings. The van der Waals surface area contributed by atoms with Gasteiger partial charge in [-0.3, -0.25) is 4.98 Å². The van der Waals surface area contributed by atoms with E-state index >= 15 is 0 Å². The first-order valence-electron chi connectivity index (χ1n) is 4.97. The van der Waals surface area contributed by atoms with E-state index in [1.807, 2.05) is 12.1 Å². The van der Waals surface area contributed by atoms with Crippen LogP contribution in [0.1, 0.15) is 5.56 Å². The third-order valence-corrected chi connectivity index (χ3v) is 2.84. The fourth-order valence-corrected chi connectivity index (χ4v) is 1.86. The van der Waals surface area contributed by atoms with Crippen LogP contribution in [-0.2, 0) is 6.54 Å². The van der Waals surface area contributed by atoms with Crippen LogP contribution in [0.15, 0.2) is 36.7 Å². The van der Waals surface area contributed by atoms with E-state index in [4.69, 9.17) is 23.2 Å². The molecule has 0 fully saturated rings. The average Bonchev–Trinajstić information content (AvgIpc) is 2.34. The number of aromatic hydroxyl groups is 1. The highest BCUT2D eigenvalue weighted by Gasteiger charge is 2.06. The molecule has 0 aliphatic rings. The smallest absolute Gasteiger partial charge is 0.152 e. The lowest BCUT2D eigenvalue weighted by atomic mass is 10.2. The average molecular weight is 269 g/mol. The van der Waals surface area contributed by atoms with Gasteiger partial charge in [0.1, 0.15) is 0 Å². The summed E-state index contributed by atoms with van der Waals surface area (Å²) in [4.78, 5) is 3.94. The number of benzene rings is 1. The minimum absolute atomic E-state index is 0.0946. The monoisotopic (exact) mass is 268 g/mol. The second kappa shape index (κ2) is 5.25. The summed E-state index contributed by atoms with van der Waals surface area (Å²) in [5, 5.41) is 13.0. The van der Waals surface area contributed by atoms with E-state index in [1.165, 1.54) is 0 Å². The van der Waals surface area contributed by atoms with Crippen molar-refractivity contribution in [1.82, 2.24) is 4.98 Å². The molecule has 0 saturated heterocycles. The Morgan fingerprint density at radius 3 is 2.29 bits per heavy atom. The van der Waals surface area contributed by atoms with Crippen molar-refractivity contribution in [3.05, 3.63) is 52.3 Å². The van der Waals surface area contributed by atoms with E-state index in [2.05, 4.69) is 10.3 Å². The van der Waals surface area contributed by atoms with Crippen LogP contribution < -0.4 is 5.32 Å². The minimum Gasteiger partial charge on any atom is -0.505 e. The second-order valence-corrected chi connectivity index (χ2v) is 4.31. The number of pyridine rings is 1. The number of anilines is 1. The van der Waals surface area contributed by atoms with Crippen LogP contribution in [-0.4, -0.2) is 10.1 Å². The first-order valence-corrected chi connectivity index (χ1v) is 5.73. The lowest BCUT2D eigenvalue weighted by molar-refractivity contribution is 0.476. The van der Waals surface area contributed by atoms with Crippen molar-refractivity contribution in [2.45, 2.75) is 6.54 Å². The third-order valence-electron chi connectivity index (χ3n) is 2.26. The zero-order valence-electron chi connectivity index (χ0n) is 8.82. The Morgan fingerprint density at radius 1 is 1.12 bits per heavy atom. The van der Waals surface area contributed by atoms with Gasteiger partial charge < -0.3 is 10.4 Å². The molecule has 0 aliphatic heterocycles. The number of phenolic OH excluding ortho intramolecular Hbond substituents is 1. The van der Waals surface area contributed by atoms with E-state index in [9.17, 15) is 5.11 Å². The van der Waals surface area contributed by atoms with Crippen LogP contribution in [0, 0.1) is 0 Å². The molecule has 0 amide bonds. The van der Waals surface area contributed by atoms with Gasteiger partial charge in [-0.05, 0) is 29.8 Å². The van der Waals surface area contributed by atoms with Gasteiger partial charge in [-0.1, -0.05) is 23.2 Å². The molecule has 1 aromatic heterocycles. The molecule has 0 saturated carbocycles. The molecular weight excluding hydrogens is 259 g/mol. The summed E-state index contributed by atoms with van der Waals surface area (Å²) >= 11 is 11.6. The Labute approximate surface area is 109 Å². The number of rotatable bonds is 3. The first-order chi connectivity index (χ1) is 8.16. The number of halogens is 2. The SMILES string of the molecule is Oc1c(Cl)cc(NCc2ccncc2)cc1Cl. The summed E-state index contributed by atoms with van der Waals surface area (Å²) in [7, 11) is 0. The van der Waals surface area contributed by atoms with Crippen LogP contribution in [0.3, 0.4) is 0 Å². The number of aromatic nitrogens is 1. The third kappa shape index (κ3) is 3.02. The van der Waals surface area contributed by atoms with E-state index in [0.717, 1.165) is 11.3 Å². The predicted molar refractivity (Wildman–Crippen MR) is 69.7 cm³/mol. The number of nitrogens with one attached hydrogen (secondary N) is 1. The number of nitrogens with zero attached hydrogens (tertiary/aromatic N) is 1. The first kappa shape index (κ1) is 12.0. The van der Waals surface area contributed by atoms with E-state index in [-0.39, 0.29) is 15.8 Å². The van der Waals surface area contributed by atoms with Crippen LogP contribution in [0.2, 0.25) is 10.0 Å². The summed E-state index contributed by atoms with van der Waals surface area (Å²) < 4.78 is 0. The van der Waals surface area contributed by atoms with Gasteiger partial charge in [-0.25, -0.2) is 0 Å². The molecule has 88 valence electrons. The molecule has 0 spiro atoms. The Kier molecular flexibility index (Phi) is 3.71. The molecular formula is C12H10Cl2N2O. The number of hydrogen-bond acceptors (Lipinski definition) is 3. The predicted octanol–water partition coefficient (Wildman–Crippen LogP) is 3.71. The maximum Gasteiger partial charge on any atom is 0.152 e. The summed E-state index contributed by atoms with van der Waals surface area (Å²) in [6.07, 6.45) is 3.46. The maximum absolute atomic E-state index is 9.42. The molecule has 1 heterocycles. The van der Waals surface area contributed by atoms with Crippen molar-refractivity contribution in [2.75, 3.05) is 5.32 Å². The molecule has 0 atom stereocenters. The lowest BCUT2D eigenvalue weighted by Gasteiger charge is -2.08. The molecule has 2 N–H and O–H groups in total. The normalized spacial score (nSPS) is 10.2. The van der Waals surface area contributed by atoms with Gasteiger partial charge in [0.25, 0.3) is 0 Å². The van der Waals surface area contributed by atoms with Crippen molar-refractivity contribution in [1.29, 1.82) is 0 Å². The fourth-order valence-electron chi connectivity index (χ4n) is 1.37. The Hall–Kier alpha value is -1.45. The highest BCUT2D eigenvalue weighted by molar-refractivity contribution is 6.37. The fraction of sp³-hybridized carbons (Fsp3) is 0.0833. The minimum atomic E-state index is -0.0946. The van der Waals surface area contributed by atoms with Crippen LogP contribution in [0.4, 0.5) is 5.69 Å². The van der Waals surface area contributed by atoms with Gasteiger partial charge in [0, 0.05) is 24.6 Å². The molecule has 0 bridgehead atoms. The van der Waals surface area contributed by atoms with E-state index in [0.29, 0.717) is 6.54 Å². The van der Waals surface area contributed by atoms with Gasteiger partial charge in [-0.2, -0.15) is 0 Å². The van der Waals surface area contributed by atoms with Crippen molar-refractivity contribution in [2.24, 2.45) is 0 Å². The topological polar surface area (TPSA) is 45.1 Å². The zero-order valence-corrected chi connectivity index (χ0v) is 10.3. The van der Waals surface area contributed by atoms with Gasteiger partial charge in [0.15, 0.2) is 5.75 Å². The van der Waals surface area contributed by atoms with Crippen LogP contribution in [0.25, 0.3) is 0 Å². The lowest BCUT2D eigenvalue weighted by Crippen LogP contribution is -1.99. The Bertz CT molecular complexity index is 494. The van der Waals surface area contributed by atoms with Gasteiger partial charge >= 0.3 is 0 Å². The summed E-state index contributed by atoms with van der Waals surface area (Å²) in [5.41, 5.74) is 1.86. The zero-order chi connectivity index (χ0) is 12.3. The van der Waals surface area contributed by atoms with Crippen molar-refractivity contribution >= 4 is 28.9 Å². The van der Waals surface area contributed by atoms with Crippen LogP contribution in [0.5, 0.6) is 5.75 Å². The highest BCUT2D eigenvalue weighted by Crippen LogP contribution is 2.34. The van der Waals surface area contributed by atoms with Crippen molar-refractivity contribution < 1.29 is 5.11 Å². The Balaban J connectivity index is 2.10. The van der Waals surface area contributed by atoms with Gasteiger partial charge in [0.05, 0.1) is 10.0 Å². The van der Waals surface area contributed by atoms with E-state index in [1.54, 1.807) is 24.5 Å². The van der Waals surface area contributed by atoms with Crippen molar-refractivity contribution in [3.8, 4) is 5.75 Å². The molecule has 0 radical (unpaired) electrons. The number of phenols is 1. The molecule has 5 heteroatoms. The molecule has 17 heavy (non-hydrogen) atoms. The number of hydrogen-bond donors (Lipinski definition) is 2. The molecule has 0 unspecified atom stereocenters. The maximum atomic E-state index is 9.42. The molecule has 0 aliphatic carbocycles. The van der Waals surface area contributed by atoms with Gasteiger partial charge in [0.2, 0.25) is 0 Å². The second-order valence-electron chi connectivity index (χ2n) is 3.50. The molecule has 3 nitrogen and oxygen atoms in total. The highest BCUT2D eigenvalue weighted by atomic mass is 35.5. The summed E-state index contributed by atoms with van der Waals surface area (Å²) in [6.45, 7) is 0.639. The molecule has 2 rings (SSSR count). The van der Waals surface area contributed by atoms with Crippen molar-refractivity contribution in [3.63, 3.8) is 0 Å². The summed E-state index contributed by atoms with van der Waals surface area (Å²) in [6, 6.07) is 7.08.